The number of ether oxygens (including phenoxy) is 1. The van der Waals surface area contributed by atoms with Crippen LogP contribution >= 0.6 is 0 Å². The molecule has 0 aliphatic rings. The van der Waals surface area contributed by atoms with E-state index in [0.717, 1.165) is 11.3 Å². The molecule has 0 unspecified atom stereocenters. The van der Waals surface area contributed by atoms with Crippen LogP contribution in [0.5, 0.6) is 5.75 Å². The SMILES string of the molecule is CC(=O)Nc1cccc(Nc2ncnc(NCCOc3ccccc3F)n2)c1C. The number of hydrogen-bond acceptors (Lipinski definition) is 7. The van der Waals surface area contributed by atoms with Gasteiger partial charge >= 0.3 is 0 Å². The molecule has 0 atom stereocenters. The summed E-state index contributed by atoms with van der Waals surface area (Å²) in [5, 5.41) is 8.90. The van der Waals surface area contributed by atoms with Crippen LogP contribution in [0.3, 0.4) is 0 Å². The summed E-state index contributed by atoms with van der Waals surface area (Å²) in [5.74, 6) is 0.350. The minimum absolute atomic E-state index is 0.144. The van der Waals surface area contributed by atoms with Crippen molar-refractivity contribution in [2.24, 2.45) is 0 Å². The van der Waals surface area contributed by atoms with Crippen molar-refractivity contribution in [2.45, 2.75) is 13.8 Å². The maximum atomic E-state index is 13.5. The molecule has 29 heavy (non-hydrogen) atoms. The Balaban J connectivity index is 1.58. The highest BCUT2D eigenvalue weighted by Crippen LogP contribution is 2.25. The number of carbonyl (C=O) groups excluding carboxylic acids is 1. The summed E-state index contributed by atoms with van der Waals surface area (Å²) in [6.45, 7) is 3.97. The standard InChI is InChI=1S/C20H21FN6O2/c1-13-16(25-14(2)28)7-5-8-17(13)26-20-24-12-23-19(27-20)22-10-11-29-18-9-4-3-6-15(18)21/h3-9,12H,10-11H2,1-2H3,(H,25,28)(H2,22,23,24,26,27). The van der Waals surface area contributed by atoms with Gasteiger partial charge in [-0.15, -0.1) is 0 Å². The monoisotopic (exact) mass is 396 g/mol. The lowest BCUT2D eigenvalue weighted by molar-refractivity contribution is -0.114. The van der Waals surface area contributed by atoms with Gasteiger partial charge in [-0.05, 0) is 36.8 Å². The zero-order valence-electron chi connectivity index (χ0n) is 16.1. The average Bonchev–Trinajstić information content (AvgIpc) is 2.70. The Bertz CT molecular complexity index is 998. The first-order chi connectivity index (χ1) is 14.0. The fraction of sp³-hybridized carbons (Fsp3) is 0.200. The number of rotatable bonds is 8. The minimum Gasteiger partial charge on any atom is -0.489 e. The third-order valence-electron chi connectivity index (χ3n) is 3.94. The third-order valence-corrected chi connectivity index (χ3v) is 3.94. The van der Waals surface area contributed by atoms with E-state index in [9.17, 15) is 9.18 Å². The van der Waals surface area contributed by atoms with Gasteiger partial charge in [-0.3, -0.25) is 4.79 Å². The highest BCUT2D eigenvalue weighted by molar-refractivity contribution is 5.90. The van der Waals surface area contributed by atoms with Crippen LogP contribution in [0.1, 0.15) is 12.5 Å². The van der Waals surface area contributed by atoms with Crippen molar-refractivity contribution in [1.29, 1.82) is 0 Å². The van der Waals surface area contributed by atoms with Crippen LogP contribution in [0.25, 0.3) is 0 Å². The van der Waals surface area contributed by atoms with E-state index in [1.54, 1.807) is 18.2 Å². The highest BCUT2D eigenvalue weighted by Gasteiger charge is 2.08. The molecule has 3 rings (SSSR count). The Labute approximate surface area is 167 Å². The topological polar surface area (TPSA) is 101 Å². The Hall–Kier alpha value is -3.75. The van der Waals surface area contributed by atoms with Crippen molar-refractivity contribution >= 4 is 29.2 Å². The molecule has 1 amide bonds. The summed E-state index contributed by atoms with van der Waals surface area (Å²) in [6.07, 6.45) is 1.38. The van der Waals surface area contributed by atoms with Crippen LogP contribution in [-0.4, -0.2) is 34.0 Å². The summed E-state index contributed by atoms with van der Waals surface area (Å²) in [4.78, 5) is 23.8. The van der Waals surface area contributed by atoms with E-state index in [1.807, 2.05) is 25.1 Å². The van der Waals surface area contributed by atoms with E-state index in [4.69, 9.17) is 4.74 Å². The van der Waals surface area contributed by atoms with Gasteiger partial charge in [0.05, 0.1) is 6.54 Å². The normalized spacial score (nSPS) is 10.3. The minimum atomic E-state index is -0.406. The van der Waals surface area contributed by atoms with Crippen molar-refractivity contribution in [3.63, 3.8) is 0 Å². The molecule has 3 N–H and O–H groups in total. The lowest BCUT2D eigenvalue weighted by atomic mass is 10.1. The van der Waals surface area contributed by atoms with E-state index >= 15 is 0 Å². The van der Waals surface area contributed by atoms with Crippen molar-refractivity contribution in [2.75, 3.05) is 29.1 Å². The number of hydrogen-bond donors (Lipinski definition) is 3. The second kappa shape index (κ2) is 9.45. The largest absolute Gasteiger partial charge is 0.489 e. The average molecular weight is 396 g/mol. The number of para-hydroxylation sites is 1. The lowest BCUT2D eigenvalue weighted by Crippen LogP contribution is -2.14. The van der Waals surface area contributed by atoms with Crippen molar-refractivity contribution in [1.82, 2.24) is 15.0 Å². The molecule has 2 aromatic carbocycles. The molecule has 1 heterocycles. The van der Waals surface area contributed by atoms with Gasteiger partial charge in [0.1, 0.15) is 12.9 Å². The van der Waals surface area contributed by atoms with Crippen molar-refractivity contribution in [3.8, 4) is 5.75 Å². The van der Waals surface area contributed by atoms with Gasteiger partial charge in [0.2, 0.25) is 17.8 Å². The predicted molar refractivity (Wildman–Crippen MR) is 109 cm³/mol. The summed E-state index contributed by atoms with van der Waals surface area (Å²) >= 11 is 0. The van der Waals surface area contributed by atoms with Gasteiger partial charge < -0.3 is 20.7 Å². The molecular weight excluding hydrogens is 375 g/mol. The molecule has 0 spiro atoms. The summed E-state index contributed by atoms with van der Waals surface area (Å²) in [7, 11) is 0. The van der Waals surface area contributed by atoms with Gasteiger partial charge in [0, 0.05) is 18.3 Å². The maximum Gasteiger partial charge on any atom is 0.232 e. The zero-order chi connectivity index (χ0) is 20.6. The fourth-order valence-electron chi connectivity index (χ4n) is 2.54. The maximum absolute atomic E-state index is 13.5. The van der Waals surface area contributed by atoms with Crippen LogP contribution in [0, 0.1) is 12.7 Å². The van der Waals surface area contributed by atoms with Crippen molar-refractivity contribution in [3.05, 3.63) is 60.2 Å². The van der Waals surface area contributed by atoms with Crippen LogP contribution in [0.2, 0.25) is 0 Å². The number of aromatic nitrogens is 3. The second-order valence-electron chi connectivity index (χ2n) is 6.12. The van der Waals surface area contributed by atoms with Gasteiger partial charge in [0.15, 0.2) is 11.6 Å². The zero-order valence-corrected chi connectivity index (χ0v) is 16.1. The Morgan fingerprint density at radius 2 is 1.83 bits per heavy atom. The highest BCUT2D eigenvalue weighted by atomic mass is 19.1. The third kappa shape index (κ3) is 5.61. The number of anilines is 4. The molecule has 0 radical (unpaired) electrons. The second-order valence-corrected chi connectivity index (χ2v) is 6.12. The molecule has 3 aromatic rings. The summed E-state index contributed by atoms with van der Waals surface area (Å²) in [5.41, 5.74) is 2.33. The van der Waals surface area contributed by atoms with Crippen LogP contribution < -0.4 is 20.7 Å². The Kier molecular flexibility index (Phi) is 6.51. The molecule has 8 nitrogen and oxygen atoms in total. The van der Waals surface area contributed by atoms with Gasteiger partial charge in [-0.1, -0.05) is 18.2 Å². The molecule has 150 valence electrons. The van der Waals surface area contributed by atoms with Gasteiger partial charge in [-0.25, -0.2) is 14.4 Å². The quantitative estimate of drug-likeness (QED) is 0.501. The Morgan fingerprint density at radius 3 is 2.62 bits per heavy atom. The van der Waals surface area contributed by atoms with E-state index in [-0.39, 0.29) is 18.3 Å². The van der Waals surface area contributed by atoms with Gasteiger partial charge in [0.25, 0.3) is 0 Å². The fourth-order valence-corrected chi connectivity index (χ4v) is 2.54. The molecular formula is C20H21FN6O2. The molecule has 0 saturated heterocycles. The number of carbonyl (C=O) groups is 1. The Morgan fingerprint density at radius 1 is 1.07 bits per heavy atom. The molecule has 0 fully saturated rings. The molecule has 9 heteroatoms. The predicted octanol–water partition coefficient (Wildman–Crippen LogP) is 3.51. The molecule has 1 aromatic heterocycles. The number of benzene rings is 2. The first-order valence-electron chi connectivity index (χ1n) is 8.97. The summed E-state index contributed by atoms with van der Waals surface area (Å²) in [6, 6.07) is 11.7. The number of nitrogens with zero attached hydrogens (tertiary/aromatic N) is 3. The van der Waals surface area contributed by atoms with E-state index < -0.39 is 5.82 Å². The number of halogens is 1. The summed E-state index contributed by atoms with van der Waals surface area (Å²) < 4.78 is 18.9. The van der Waals surface area contributed by atoms with Crippen molar-refractivity contribution < 1.29 is 13.9 Å². The first kappa shape index (κ1) is 20.0. The van der Waals surface area contributed by atoms with E-state index in [1.165, 1.54) is 19.3 Å². The van der Waals surface area contributed by atoms with Crippen LogP contribution in [-0.2, 0) is 4.79 Å². The van der Waals surface area contributed by atoms with Gasteiger partial charge in [-0.2, -0.15) is 4.98 Å². The van der Waals surface area contributed by atoms with E-state index in [0.29, 0.717) is 24.1 Å². The lowest BCUT2D eigenvalue weighted by Gasteiger charge is -2.13. The smallest absolute Gasteiger partial charge is 0.232 e. The number of amides is 1. The molecule has 0 bridgehead atoms. The molecule has 0 saturated carbocycles. The number of nitrogens with one attached hydrogen (secondary N) is 3. The van der Waals surface area contributed by atoms with E-state index in [2.05, 4.69) is 30.9 Å². The first-order valence-corrected chi connectivity index (χ1v) is 8.97. The molecule has 0 aliphatic heterocycles. The van der Waals surface area contributed by atoms with Crippen LogP contribution in [0.15, 0.2) is 48.8 Å². The molecule has 0 aliphatic carbocycles. The van der Waals surface area contributed by atoms with Crippen LogP contribution in [0.4, 0.5) is 27.7 Å².